The second-order valence-corrected chi connectivity index (χ2v) is 4.09. The normalized spacial score (nSPS) is 15.7. The van der Waals surface area contributed by atoms with E-state index in [4.69, 9.17) is 17.3 Å². The molecule has 1 aromatic rings. The lowest BCUT2D eigenvalue weighted by molar-refractivity contribution is 0.121. The molecule has 1 saturated heterocycles. The van der Waals surface area contributed by atoms with Crippen molar-refractivity contribution in [2.45, 2.75) is 0 Å². The Morgan fingerprint density at radius 2 is 2.00 bits per heavy atom. The van der Waals surface area contributed by atoms with Gasteiger partial charge in [-0.05, 0) is 0 Å². The molecule has 18 heavy (non-hydrogen) atoms. The summed E-state index contributed by atoms with van der Waals surface area (Å²) in [6.45, 7) is 2.27. The van der Waals surface area contributed by atoms with Crippen LogP contribution in [0.3, 0.4) is 0 Å². The van der Waals surface area contributed by atoms with Crippen molar-refractivity contribution in [2.75, 3.05) is 43.9 Å². The molecule has 0 atom stereocenters. The number of aromatic nitrogens is 3. The third-order valence-electron chi connectivity index (χ3n) is 2.65. The lowest BCUT2D eigenvalue weighted by Crippen LogP contribution is -2.49. The summed E-state index contributed by atoms with van der Waals surface area (Å²) in [5.41, 5.74) is 5.57. The highest BCUT2D eigenvalue weighted by Gasteiger charge is 2.23. The standard InChI is InChI=1S/C9H13ClN6O2/c1-18-9(17)16-4-2-15(3-5-16)8-12-7(11)6(10)13-14-8/h2-5H2,1H3,(H2,11,12,14). The molecule has 0 aliphatic carbocycles. The third kappa shape index (κ3) is 2.53. The van der Waals surface area contributed by atoms with E-state index in [0.717, 1.165) is 0 Å². The summed E-state index contributed by atoms with van der Waals surface area (Å²) in [5.74, 6) is 0.568. The average molecular weight is 273 g/mol. The minimum absolute atomic E-state index is 0.0898. The molecule has 1 amide bonds. The molecule has 1 aromatic heterocycles. The van der Waals surface area contributed by atoms with Crippen LogP contribution in [0.25, 0.3) is 0 Å². The topological polar surface area (TPSA) is 97.5 Å². The van der Waals surface area contributed by atoms with Gasteiger partial charge in [-0.25, -0.2) is 4.79 Å². The Hall–Kier alpha value is -1.83. The lowest BCUT2D eigenvalue weighted by Gasteiger charge is -2.33. The Morgan fingerprint density at radius 1 is 1.33 bits per heavy atom. The molecule has 1 aliphatic rings. The highest BCUT2D eigenvalue weighted by atomic mass is 35.5. The van der Waals surface area contributed by atoms with Crippen LogP contribution in [0.5, 0.6) is 0 Å². The second-order valence-electron chi connectivity index (χ2n) is 3.73. The molecule has 9 heteroatoms. The zero-order valence-corrected chi connectivity index (χ0v) is 10.6. The number of piperazine rings is 1. The number of ether oxygens (including phenoxy) is 1. The number of methoxy groups -OCH3 is 1. The van der Waals surface area contributed by atoms with E-state index >= 15 is 0 Å². The molecule has 0 saturated carbocycles. The minimum Gasteiger partial charge on any atom is -0.453 e. The Balaban J connectivity index is 2.01. The first-order chi connectivity index (χ1) is 8.61. The van der Waals surface area contributed by atoms with Gasteiger partial charge in [0.25, 0.3) is 0 Å². The predicted molar refractivity (Wildman–Crippen MR) is 65.4 cm³/mol. The van der Waals surface area contributed by atoms with Gasteiger partial charge in [-0.2, -0.15) is 4.98 Å². The summed E-state index contributed by atoms with van der Waals surface area (Å²) < 4.78 is 4.65. The number of nitrogens with two attached hydrogens (primary N) is 1. The van der Waals surface area contributed by atoms with Gasteiger partial charge >= 0.3 is 6.09 Å². The molecule has 2 N–H and O–H groups in total. The molecule has 1 aliphatic heterocycles. The number of anilines is 2. The van der Waals surface area contributed by atoms with E-state index in [9.17, 15) is 4.79 Å². The van der Waals surface area contributed by atoms with Gasteiger partial charge in [-0.1, -0.05) is 11.6 Å². The van der Waals surface area contributed by atoms with Gasteiger partial charge < -0.3 is 20.3 Å². The van der Waals surface area contributed by atoms with E-state index in [1.807, 2.05) is 4.90 Å². The quantitative estimate of drug-likeness (QED) is 0.768. The van der Waals surface area contributed by atoms with E-state index < -0.39 is 0 Å². The van der Waals surface area contributed by atoms with Gasteiger partial charge in [0.2, 0.25) is 5.95 Å². The van der Waals surface area contributed by atoms with Gasteiger partial charge in [-0.15, -0.1) is 10.2 Å². The number of hydrogen-bond donors (Lipinski definition) is 1. The van der Waals surface area contributed by atoms with E-state index in [1.165, 1.54) is 7.11 Å². The monoisotopic (exact) mass is 272 g/mol. The van der Waals surface area contributed by atoms with Gasteiger partial charge in [0, 0.05) is 26.2 Å². The Bertz CT molecular complexity index is 449. The molecular weight excluding hydrogens is 260 g/mol. The fraction of sp³-hybridized carbons (Fsp3) is 0.556. The molecule has 0 bridgehead atoms. The fourth-order valence-electron chi connectivity index (χ4n) is 1.67. The molecule has 0 unspecified atom stereocenters. The van der Waals surface area contributed by atoms with Crippen molar-refractivity contribution in [3.63, 3.8) is 0 Å². The second kappa shape index (κ2) is 5.21. The van der Waals surface area contributed by atoms with Crippen LogP contribution >= 0.6 is 11.6 Å². The van der Waals surface area contributed by atoms with Crippen molar-refractivity contribution in [2.24, 2.45) is 0 Å². The molecule has 1 fully saturated rings. The van der Waals surface area contributed by atoms with Gasteiger partial charge in [0.15, 0.2) is 11.0 Å². The highest BCUT2D eigenvalue weighted by Crippen LogP contribution is 2.16. The summed E-state index contributed by atoms with van der Waals surface area (Å²) in [6, 6.07) is 0. The Morgan fingerprint density at radius 3 is 2.56 bits per heavy atom. The molecule has 0 radical (unpaired) electrons. The summed E-state index contributed by atoms with van der Waals surface area (Å²) in [6.07, 6.45) is -0.329. The third-order valence-corrected chi connectivity index (χ3v) is 2.92. The number of nitrogens with zero attached hydrogens (tertiary/aromatic N) is 5. The van der Waals surface area contributed by atoms with Crippen LogP contribution in [0.4, 0.5) is 16.6 Å². The molecule has 0 aromatic carbocycles. The van der Waals surface area contributed by atoms with E-state index in [2.05, 4.69) is 19.9 Å². The molecule has 2 heterocycles. The van der Waals surface area contributed by atoms with Crippen molar-refractivity contribution in [3.05, 3.63) is 5.15 Å². The fourth-order valence-corrected chi connectivity index (χ4v) is 1.75. The van der Waals surface area contributed by atoms with E-state index in [0.29, 0.717) is 32.1 Å². The van der Waals surface area contributed by atoms with Crippen LogP contribution < -0.4 is 10.6 Å². The van der Waals surface area contributed by atoms with Crippen LogP contribution in [0.1, 0.15) is 0 Å². The maximum atomic E-state index is 11.3. The number of carbonyl (C=O) groups is 1. The largest absolute Gasteiger partial charge is 0.453 e. The van der Waals surface area contributed by atoms with Crippen molar-refractivity contribution >= 4 is 29.5 Å². The SMILES string of the molecule is COC(=O)N1CCN(c2nnc(Cl)c(N)n2)CC1. The van der Waals surface area contributed by atoms with Gasteiger partial charge in [0.1, 0.15) is 0 Å². The number of amides is 1. The number of rotatable bonds is 1. The van der Waals surface area contributed by atoms with Crippen molar-refractivity contribution in [3.8, 4) is 0 Å². The number of nitrogen functional groups attached to an aromatic ring is 1. The minimum atomic E-state index is -0.329. The zero-order chi connectivity index (χ0) is 13.1. The number of carbonyl (C=O) groups excluding carboxylic acids is 1. The number of hydrogen-bond acceptors (Lipinski definition) is 7. The highest BCUT2D eigenvalue weighted by molar-refractivity contribution is 6.31. The van der Waals surface area contributed by atoms with Gasteiger partial charge in [0.05, 0.1) is 7.11 Å². The zero-order valence-electron chi connectivity index (χ0n) is 9.84. The summed E-state index contributed by atoms with van der Waals surface area (Å²) in [4.78, 5) is 18.9. The predicted octanol–water partition coefficient (Wildman–Crippen LogP) is -0.00440. The first-order valence-corrected chi connectivity index (χ1v) is 5.73. The summed E-state index contributed by atoms with van der Waals surface area (Å²) in [7, 11) is 1.36. The molecular formula is C9H13ClN6O2. The van der Waals surface area contributed by atoms with Crippen LogP contribution in [0.2, 0.25) is 5.15 Å². The van der Waals surface area contributed by atoms with Gasteiger partial charge in [-0.3, -0.25) is 0 Å². The Labute approximate surface area is 109 Å². The molecule has 2 rings (SSSR count). The van der Waals surface area contributed by atoms with Crippen molar-refractivity contribution < 1.29 is 9.53 Å². The first-order valence-electron chi connectivity index (χ1n) is 5.35. The summed E-state index contributed by atoms with van der Waals surface area (Å²) >= 11 is 5.65. The summed E-state index contributed by atoms with van der Waals surface area (Å²) in [5, 5.41) is 7.67. The lowest BCUT2D eigenvalue weighted by atomic mass is 10.3. The van der Waals surface area contributed by atoms with Crippen LogP contribution in [-0.4, -0.2) is 59.5 Å². The van der Waals surface area contributed by atoms with E-state index in [1.54, 1.807) is 4.90 Å². The first kappa shape index (κ1) is 12.6. The average Bonchev–Trinajstić information content (AvgIpc) is 2.41. The molecule has 8 nitrogen and oxygen atoms in total. The van der Waals surface area contributed by atoms with Crippen LogP contribution in [0.15, 0.2) is 0 Å². The Kier molecular flexibility index (Phi) is 3.66. The van der Waals surface area contributed by atoms with Crippen LogP contribution in [0, 0.1) is 0 Å². The maximum Gasteiger partial charge on any atom is 0.409 e. The smallest absolute Gasteiger partial charge is 0.409 e. The van der Waals surface area contributed by atoms with Crippen LogP contribution in [-0.2, 0) is 4.74 Å². The van der Waals surface area contributed by atoms with E-state index in [-0.39, 0.29) is 17.1 Å². The van der Waals surface area contributed by atoms with Crippen molar-refractivity contribution in [1.29, 1.82) is 0 Å². The maximum absolute atomic E-state index is 11.3. The molecule has 0 spiro atoms. The van der Waals surface area contributed by atoms with Crippen molar-refractivity contribution in [1.82, 2.24) is 20.1 Å². The molecule has 98 valence electrons. The number of halogens is 1.